The van der Waals surface area contributed by atoms with Crippen molar-refractivity contribution in [1.82, 2.24) is 4.72 Å². The summed E-state index contributed by atoms with van der Waals surface area (Å²) in [6, 6.07) is 4.04. The first-order chi connectivity index (χ1) is 10.3. The number of hydrogen-bond acceptors (Lipinski definition) is 5. The SMILES string of the molecule is CCOC(=O)Nc1cc(S(=O)(=O)N[C@H](C)CC)ccc1OC. The van der Waals surface area contributed by atoms with Gasteiger partial charge in [0.05, 0.1) is 24.3 Å². The van der Waals surface area contributed by atoms with Crippen molar-refractivity contribution < 1.29 is 22.7 Å². The van der Waals surface area contributed by atoms with E-state index in [1.807, 2.05) is 6.92 Å². The maximum absolute atomic E-state index is 12.3. The molecule has 0 radical (unpaired) electrons. The summed E-state index contributed by atoms with van der Waals surface area (Å²) in [4.78, 5) is 11.6. The van der Waals surface area contributed by atoms with E-state index < -0.39 is 16.1 Å². The summed E-state index contributed by atoms with van der Waals surface area (Å²) in [7, 11) is -2.24. The van der Waals surface area contributed by atoms with Crippen molar-refractivity contribution in [3.8, 4) is 5.75 Å². The molecule has 1 rings (SSSR count). The zero-order valence-electron chi connectivity index (χ0n) is 13.2. The molecule has 1 atom stereocenters. The average Bonchev–Trinajstić information content (AvgIpc) is 2.46. The third-order valence-corrected chi connectivity index (χ3v) is 4.55. The molecule has 7 nitrogen and oxygen atoms in total. The maximum Gasteiger partial charge on any atom is 0.411 e. The van der Waals surface area contributed by atoms with Gasteiger partial charge in [0, 0.05) is 6.04 Å². The summed E-state index contributed by atoms with van der Waals surface area (Å²) in [6.07, 6.45) is -0.00575. The van der Waals surface area contributed by atoms with E-state index in [2.05, 4.69) is 10.0 Å². The minimum Gasteiger partial charge on any atom is -0.495 e. The van der Waals surface area contributed by atoms with Crippen LogP contribution < -0.4 is 14.8 Å². The van der Waals surface area contributed by atoms with E-state index in [4.69, 9.17) is 9.47 Å². The molecule has 0 aliphatic rings. The molecule has 1 aromatic carbocycles. The van der Waals surface area contributed by atoms with Gasteiger partial charge < -0.3 is 9.47 Å². The fourth-order valence-electron chi connectivity index (χ4n) is 1.65. The van der Waals surface area contributed by atoms with Gasteiger partial charge in [-0.25, -0.2) is 17.9 Å². The summed E-state index contributed by atoms with van der Waals surface area (Å²) in [6.45, 7) is 5.54. The fourth-order valence-corrected chi connectivity index (χ4v) is 3.00. The number of benzene rings is 1. The topological polar surface area (TPSA) is 93.7 Å². The first kappa shape index (κ1) is 18.2. The molecule has 1 aromatic rings. The van der Waals surface area contributed by atoms with E-state index in [-0.39, 0.29) is 23.2 Å². The minimum atomic E-state index is -3.66. The molecule has 124 valence electrons. The summed E-state index contributed by atoms with van der Waals surface area (Å²) < 4.78 is 37.0. The number of methoxy groups -OCH3 is 1. The Morgan fingerprint density at radius 1 is 1.32 bits per heavy atom. The quantitative estimate of drug-likeness (QED) is 0.800. The Morgan fingerprint density at radius 3 is 2.55 bits per heavy atom. The van der Waals surface area contributed by atoms with E-state index >= 15 is 0 Å². The first-order valence-electron chi connectivity index (χ1n) is 6.98. The van der Waals surface area contributed by atoms with Gasteiger partial charge in [-0.15, -0.1) is 0 Å². The molecule has 0 saturated carbocycles. The van der Waals surface area contributed by atoms with Crippen LogP contribution in [0.5, 0.6) is 5.75 Å². The van der Waals surface area contributed by atoms with Crippen molar-refractivity contribution in [2.24, 2.45) is 0 Å². The molecule has 0 spiro atoms. The molecule has 0 heterocycles. The normalized spacial score (nSPS) is 12.5. The number of nitrogens with one attached hydrogen (secondary N) is 2. The number of rotatable bonds is 7. The van der Waals surface area contributed by atoms with E-state index in [9.17, 15) is 13.2 Å². The molecular weight excluding hydrogens is 308 g/mol. The van der Waals surface area contributed by atoms with Gasteiger partial charge >= 0.3 is 6.09 Å². The predicted octanol–water partition coefficient (Wildman–Crippen LogP) is 2.34. The highest BCUT2D eigenvalue weighted by atomic mass is 32.2. The summed E-state index contributed by atoms with van der Waals surface area (Å²) in [5, 5.41) is 2.46. The van der Waals surface area contributed by atoms with Gasteiger partial charge in [-0.1, -0.05) is 6.92 Å². The Hall–Kier alpha value is -1.80. The van der Waals surface area contributed by atoms with E-state index in [1.54, 1.807) is 13.8 Å². The molecule has 0 unspecified atom stereocenters. The Balaban J connectivity index is 3.11. The van der Waals surface area contributed by atoms with Crippen LogP contribution in [0.1, 0.15) is 27.2 Å². The standard InChI is InChI=1S/C14H22N2O5S/c1-5-10(3)16-22(18,19)11-7-8-13(20-4)12(9-11)15-14(17)21-6-2/h7-10,16H,5-6H2,1-4H3,(H,15,17)/t10-/m1/s1. The molecule has 0 saturated heterocycles. The van der Waals surface area contributed by atoms with Gasteiger partial charge in [0.25, 0.3) is 0 Å². The van der Waals surface area contributed by atoms with Gasteiger partial charge in [-0.3, -0.25) is 5.32 Å². The van der Waals surface area contributed by atoms with Crippen LogP contribution in [0.15, 0.2) is 23.1 Å². The van der Waals surface area contributed by atoms with Crippen molar-refractivity contribution in [2.75, 3.05) is 19.0 Å². The van der Waals surface area contributed by atoms with Crippen molar-refractivity contribution in [3.63, 3.8) is 0 Å². The zero-order valence-corrected chi connectivity index (χ0v) is 14.0. The highest BCUT2D eigenvalue weighted by Gasteiger charge is 2.19. The lowest BCUT2D eigenvalue weighted by molar-refractivity contribution is 0.168. The molecule has 1 amide bonds. The Kier molecular flexibility index (Phi) is 6.63. The van der Waals surface area contributed by atoms with Crippen molar-refractivity contribution in [1.29, 1.82) is 0 Å². The number of carbonyl (C=O) groups is 1. The molecular formula is C14H22N2O5S. The lowest BCUT2D eigenvalue weighted by Crippen LogP contribution is -2.32. The first-order valence-corrected chi connectivity index (χ1v) is 8.46. The highest BCUT2D eigenvalue weighted by molar-refractivity contribution is 7.89. The van der Waals surface area contributed by atoms with Gasteiger partial charge in [-0.05, 0) is 38.5 Å². The second-order valence-corrected chi connectivity index (χ2v) is 6.35. The van der Waals surface area contributed by atoms with Crippen molar-refractivity contribution >= 4 is 21.8 Å². The fraction of sp³-hybridized carbons (Fsp3) is 0.500. The molecule has 2 N–H and O–H groups in total. The van der Waals surface area contributed by atoms with Crippen molar-refractivity contribution in [3.05, 3.63) is 18.2 Å². The van der Waals surface area contributed by atoms with Gasteiger partial charge in [0.2, 0.25) is 10.0 Å². The van der Waals surface area contributed by atoms with Gasteiger partial charge in [-0.2, -0.15) is 0 Å². The van der Waals surface area contributed by atoms with E-state index in [0.717, 1.165) is 0 Å². The number of sulfonamides is 1. The molecule has 8 heteroatoms. The van der Waals surface area contributed by atoms with Crippen LogP contribution in [0.25, 0.3) is 0 Å². The lowest BCUT2D eigenvalue weighted by atomic mass is 10.3. The van der Waals surface area contributed by atoms with Gasteiger partial charge in [0.1, 0.15) is 5.75 Å². The Bertz CT molecular complexity index is 616. The third kappa shape index (κ3) is 4.88. The zero-order chi connectivity index (χ0) is 16.8. The summed E-state index contributed by atoms with van der Waals surface area (Å²) >= 11 is 0. The maximum atomic E-state index is 12.3. The van der Waals surface area contributed by atoms with Crippen LogP contribution in [0.3, 0.4) is 0 Å². The van der Waals surface area contributed by atoms with Crippen molar-refractivity contribution in [2.45, 2.75) is 38.1 Å². The summed E-state index contributed by atoms with van der Waals surface area (Å²) in [5.74, 6) is 0.343. The number of ether oxygens (including phenoxy) is 2. The predicted molar refractivity (Wildman–Crippen MR) is 83.7 cm³/mol. The smallest absolute Gasteiger partial charge is 0.411 e. The van der Waals surface area contributed by atoms with Crippen LogP contribution in [-0.2, 0) is 14.8 Å². The molecule has 0 fully saturated rings. The second-order valence-electron chi connectivity index (χ2n) is 4.64. The molecule has 22 heavy (non-hydrogen) atoms. The van der Waals surface area contributed by atoms with Crippen LogP contribution in [-0.4, -0.2) is 34.3 Å². The summed E-state index contributed by atoms with van der Waals surface area (Å²) in [5.41, 5.74) is 0.230. The number of carbonyl (C=O) groups excluding carboxylic acids is 1. The molecule has 0 aliphatic heterocycles. The van der Waals surface area contributed by atoms with Crippen LogP contribution >= 0.6 is 0 Å². The van der Waals surface area contributed by atoms with E-state index in [1.165, 1.54) is 25.3 Å². The highest BCUT2D eigenvalue weighted by Crippen LogP contribution is 2.27. The number of anilines is 1. The van der Waals surface area contributed by atoms with Crippen LogP contribution in [0, 0.1) is 0 Å². The van der Waals surface area contributed by atoms with Gasteiger partial charge in [0.15, 0.2) is 0 Å². The largest absolute Gasteiger partial charge is 0.495 e. The monoisotopic (exact) mass is 330 g/mol. The molecule has 0 bridgehead atoms. The Morgan fingerprint density at radius 2 is 2.00 bits per heavy atom. The lowest BCUT2D eigenvalue weighted by Gasteiger charge is -2.15. The number of hydrogen-bond donors (Lipinski definition) is 2. The average molecular weight is 330 g/mol. The number of amides is 1. The second kappa shape index (κ2) is 8.00. The van der Waals surface area contributed by atoms with Crippen LogP contribution in [0.2, 0.25) is 0 Å². The molecule has 0 aliphatic carbocycles. The third-order valence-electron chi connectivity index (χ3n) is 2.96. The molecule has 0 aromatic heterocycles. The van der Waals surface area contributed by atoms with E-state index in [0.29, 0.717) is 12.2 Å². The minimum absolute atomic E-state index is 0.0420. The van der Waals surface area contributed by atoms with Crippen LogP contribution in [0.4, 0.5) is 10.5 Å². The Labute approximate surface area is 131 Å².